The van der Waals surface area contributed by atoms with Gasteiger partial charge in [-0.3, -0.25) is 4.79 Å². The van der Waals surface area contributed by atoms with Gasteiger partial charge in [-0.1, -0.05) is 91.0 Å². The van der Waals surface area contributed by atoms with Crippen molar-refractivity contribution in [3.8, 4) is 0 Å². The molecule has 0 saturated heterocycles. The maximum absolute atomic E-state index is 12.6. The first-order chi connectivity index (χ1) is 16.6. The Morgan fingerprint density at radius 3 is 1.53 bits per heavy atom. The maximum atomic E-state index is 12.6. The molecule has 0 bridgehead atoms. The van der Waals surface area contributed by atoms with E-state index in [-0.39, 0.29) is 32.7 Å². The molecule has 176 valence electrons. The summed E-state index contributed by atoms with van der Waals surface area (Å²) in [6.45, 7) is 0.115. The van der Waals surface area contributed by atoms with Crippen LogP contribution in [0.2, 0.25) is 0 Å². The van der Waals surface area contributed by atoms with Gasteiger partial charge < -0.3 is 18.9 Å². The standard InChI is InChI=1S/C27H26O7/c28-25(31-18-21-10-4-1-5-11-21)17-16-24(26(29)32-19-22-12-6-2-7-13-22)34-27(30)33-20-23-14-8-3-9-15-23/h1-15,24H,16-20H2. The molecule has 0 amide bonds. The van der Waals surface area contributed by atoms with Crippen molar-refractivity contribution in [2.75, 3.05) is 0 Å². The van der Waals surface area contributed by atoms with Gasteiger partial charge in [-0.25, -0.2) is 9.59 Å². The van der Waals surface area contributed by atoms with Crippen LogP contribution in [0.3, 0.4) is 0 Å². The van der Waals surface area contributed by atoms with Crippen molar-refractivity contribution in [3.63, 3.8) is 0 Å². The van der Waals surface area contributed by atoms with Crippen molar-refractivity contribution >= 4 is 18.1 Å². The highest BCUT2D eigenvalue weighted by Gasteiger charge is 2.27. The fourth-order valence-corrected chi connectivity index (χ4v) is 2.97. The molecule has 0 aliphatic carbocycles. The molecule has 34 heavy (non-hydrogen) atoms. The Kier molecular flexibility index (Phi) is 9.68. The van der Waals surface area contributed by atoms with Crippen LogP contribution in [0.15, 0.2) is 91.0 Å². The smallest absolute Gasteiger partial charge is 0.461 e. The van der Waals surface area contributed by atoms with Gasteiger partial charge in [0.15, 0.2) is 0 Å². The molecule has 0 saturated carbocycles. The van der Waals surface area contributed by atoms with Crippen molar-refractivity contribution in [2.24, 2.45) is 0 Å². The zero-order chi connectivity index (χ0) is 24.0. The summed E-state index contributed by atoms with van der Waals surface area (Å²) in [5.74, 6) is -1.29. The van der Waals surface area contributed by atoms with Crippen molar-refractivity contribution in [3.05, 3.63) is 108 Å². The summed E-state index contributed by atoms with van der Waals surface area (Å²) in [6.07, 6.45) is -2.56. The van der Waals surface area contributed by atoms with Crippen LogP contribution < -0.4 is 0 Å². The quantitative estimate of drug-likeness (QED) is 0.293. The first-order valence-electron chi connectivity index (χ1n) is 10.9. The molecule has 3 rings (SSSR count). The molecule has 0 heterocycles. The highest BCUT2D eigenvalue weighted by Crippen LogP contribution is 2.12. The fraction of sp³-hybridized carbons (Fsp3) is 0.222. The predicted octanol–water partition coefficient (Wildman–Crippen LogP) is 4.98. The predicted molar refractivity (Wildman–Crippen MR) is 123 cm³/mol. The summed E-state index contributed by atoms with van der Waals surface area (Å²) in [6, 6.07) is 27.4. The Hall–Kier alpha value is -4.13. The second-order valence-corrected chi connectivity index (χ2v) is 7.41. The van der Waals surface area contributed by atoms with Crippen molar-refractivity contribution in [2.45, 2.75) is 38.8 Å². The number of esters is 2. The van der Waals surface area contributed by atoms with Crippen LogP contribution in [0.5, 0.6) is 0 Å². The molecule has 0 radical (unpaired) electrons. The lowest BCUT2D eigenvalue weighted by atomic mass is 10.2. The van der Waals surface area contributed by atoms with E-state index in [1.54, 1.807) is 24.3 Å². The van der Waals surface area contributed by atoms with E-state index in [0.717, 1.165) is 16.7 Å². The monoisotopic (exact) mass is 462 g/mol. The average molecular weight is 462 g/mol. The van der Waals surface area contributed by atoms with Crippen LogP contribution in [0, 0.1) is 0 Å². The van der Waals surface area contributed by atoms with Crippen LogP contribution in [0.25, 0.3) is 0 Å². The van der Waals surface area contributed by atoms with Gasteiger partial charge in [-0.15, -0.1) is 0 Å². The van der Waals surface area contributed by atoms with Crippen LogP contribution in [-0.4, -0.2) is 24.2 Å². The van der Waals surface area contributed by atoms with Gasteiger partial charge in [-0.2, -0.15) is 0 Å². The lowest BCUT2D eigenvalue weighted by Gasteiger charge is -2.16. The average Bonchev–Trinajstić information content (AvgIpc) is 2.89. The first-order valence-corrected chi connectivity index (χ1v) is 10.9. The van der Waals surface area contributed by atoms with E-state index >= 15 is 0 Å². The van der Waals surface area contributed by atoms with E-state index in [1.165, 1.54) is 0 Å². The molecule has 0 aromatic heterocycles. The van der Waals surface area contributed by atoms with Gasteiger partial charge in [0, 0.05) is 12.8 Å². The highest BCUT2D eigenvalue weighted by atomic mass is 16.7. The Balaban J connectivity index is 1.52. The number of carbonyl (C=O) groups excluding carboxylic acids is 3. The Labute approximate surface area is 198 Å². The van der Waals surface area contributed by atoms with E-state index in [0.29, 0.717) is 0 Å². The topological polar surface area (TPSA) is 88.1 Å². The summed E-state index contributed by atoms with van der Waals surface area (Å²) in [5, 5.41) is 0. The molecule has 7 nitrogen and oxygen atoms in total. The van der Waals surface area contributed by atoms with Crippen LogP contribution in [0.4, 0.5) is 4.79 Å². The number of ether oxygens (including phenoxy) is 4. The van der Waals surface area contributed by atoms with Crippen molar-refractivity contribution in [1.29, 1.82) is 0 Å². The Morgan fingerprint density at radius 1 is 0.588 bits per heavy atom. The Morgan fingerprint density at radius 2 is 1.03 bits per heavy atom. The summed E-state index contributed by atoms with van der Waals surface area (Å²) in [7, 11) is 0. The Bertz CT molecular complexity index is 1040. The zero-order valence-corrected chi connectivity index (χ0v) is 18.6. The minimum atomic E-state index is -1.31. The number of rotatable bonds is 11. The lowest BCUT2D eigenvalue weighted by Crippen LogP contribution is -2.30. The number of hydrogen-bond acceptors (Lipinski definition) is 7. The van der Waals surface area contributed by atoms with Gasteiger partial charge >= 0.3 is 18.1 Å². The highest BCUT2D eigenvalue weighted by molar-refractivity contribution is 5.78. The molecule has 3 aromatic carbocycles. The normalized spacial score (nSPS) is 11.2. The second kappa shape index (κ2) is 13.4. The molecule has 3 aromatic rings. The van der Waals surface area contributed by atoms with E-state index in [4.69, 9.17) is 18.9 Å². The van der Waals surface area contributed by atoms with Gasteiger partial charge in [0.2, 0.25) is 6.10 Å². The lowest BCUT2D eigenvalue weighted by molar-refractivity contribution is -0.158. The SMILES string of the molecule is O=C(CCC(OC(=O)OCc1ccccc1)C(=O)OCc1ccccc1)OCc1ccccc1. The second-order valence-electron chi connectivity index (χ2n) is 7.41. The van der Waals surface area contributed by atoms with Crippen LogP contribution in [-0.2, 0) is 48.4 Å². The molecular weight excluding hydrogens is 436 g/mol. The molecule has 7 heteroatoms. The van der Waals surface area contributed by atoms with E-state index in [1.807, 2.05) is 66.7 Å². The minimum absolute atomic E-state index is 0.00935. The van der Waals surface area contributed by atoms with E-state index in [9.17, 15) is 14.4 Å². The summed E-state index contributed by atoms with van der Waals surface area (Å²) < 4.78 is 20.8. The summed E-state index contributed by atoms with van der Waals surface area (Å²) >= 11 is 0. The van der Waals surface area contributed by atoms with Gasteiger partial charge in [0.1, 0.15) is 19.8 Å². The van der Waals surface area contributed by atoms with Gasteiger partial charge in [0.25, 0.3) is 0 Å². The van der Waals surface area contributed by atoms with Crippen LogP contribution >= 0.6 is 0 Å². The minimum Gasteiger partial charge on any atom is -0.461 e. The van der Waals surface area contributed by atoms with Crippen LogP contribution in [0.1, 0.15) is 29.5 Å². The third-order valence-electron chi connectivity index (χ3n) is 4.78. The molecule has 0 spiro atoms. The fourth-order valence-electron chi connectivity index (χ4n) is 2.97. The van der Waals surface area contributed by atoms with Gasteiger partial charge in [-0.05, 0) is 16.7 Å². The molecule has 0 fully saturated rings. The third kappa shape index (κ3) is 8.78. The third-order valence-corrected chi connectivity index (χ3v) is 4.78. The first kappa shape index (κ1) is 24.5. The maximum Gasteiger partial charge on any atom is 0.509 e. The molecule has 0 aliphatic heterocycles. The summed E-state index contributed by atoms with van der Waals surface area (Å²) in [5.41, 5.74) is 2.39. The number of benzene rings is 3. The van der Waals surface area contributed by atoms with Crippen molar-refractivity contribution < 1.29 is 33.3 Å². The largest absolute Gasteiger partial charge is 0.509 e. The molecular formula is C27H26O7. The number of carbonyl (C=O) groups is 3. The van der Waals surface area contributed by atoms with E-state index < -0.39 is 24.2 Å². The molecule has 1 unspecified atom stereocenters. The summed E-state index contributed by atoms with van der Waals surface area (Å²) in [4.78, 5) is 37.0. The molecule has 1 atom stereocenters. The number of hydrogen-bond donors (Lipinski definition) is 0. The molecule has 0 N–H and O–H groups in total. The van der Waals surface area contributed by atoms with Crippen molar-refractivity contribution in [1.82, 2.24) is 0 Å². The van der Waals surface area contributed by atoms with Gasteiger partial charge in [0.05, 0.1) is 0 Å². The van der Waals surface area contributed by atoms with E-state index in [2.05, 4.69) is 0 Å². The molecule has 0 aliphatic rings. The zero-order valence-electron chi connectivity index (χ0n) is 18.6.